The van der Waals surface area contributed by atoms with Crippen molar-refractivity contribution in [3.05, 3.63) is 95.1 Å². The number of amides is 1. The molecule has 0 spiro atoms. The number of pyridine rings is 1. The smallest absolute Gasteiger partial charge is 0.261 e. The molecule has 0 fully saturated rings. The van der Waals surface area contributed by atoms with E-state index >= 15 is 0 Å². The van der Waals surface area contributed by atoms with Crippen molar-refractivity contribution in [3.8, 4) is 5.75 Å². The van der Waals surface area contributed by atoms with E-state index in [0.29, 0.717) is 13.2 Å². The Labute approximate surface area is 161 Å². The van der Waals surface area contributed by atoms with Crippen LogP contribution in [0.5, 0.6) is 5.75 Å². The van der Waals surface area contributed by atoms with Gasteiger partial charge in [-0.1, -0.05) is 36.4 Å². The van der Waals surface area contributed by atoms with Crippen LogP contribution in [0.25, 0.3) is 10.1 Å². The number of hydrogen-bond donors (Lipinski definition) is 1. The molecule has 4 aromatic rings. The van der Waals surface area contributed by atoms with Gasteiger partial charge in [0.25, 0.3) is 5.91 Å². The number of carbonyl (C=O) groups excluding carboxylic acids is 1. The van der Waals surface area contributed by atoms with Gasteiger partial charge in [-0.3, -0.25) is 9.78 Å². The third-order valence-electron chi connectivity index (χ3n) is 4.11. The largest absolute Gasteiger partial charge is 0.487 e. The highest BCUT2D eigenvalue weighted by Crippen LogP contribution is 2.25. The Bertz CT molecular complexity index is 1030. The average Bonchev–Trinajstić information content (AvgIpc) is 3.16. The van der Waals surface area contributed by atoms with E-state index in [0.717, 1.165) is 32.0 Å². The third kappa shape index (κ3) is 4.33. The van der Waals surface area contributed by atoms with E-state index in [4.69, 9.17) is 4.74 Å². The SMILES string of the molecule is O=C(NCc1cccc(OCc2ccccn2)c1)c1cc2ccccc2s1. The van der Waals surface area contributed by atoms with Crippen molar-refractivity contribution in [2.24, 2.45) is 0 Å². The van der Waals surface area contributed by atoms with Crippen LogP contribution in [0, 0.1) is 0 Å². The van der Waals surface area contributed by atoms with Gasteiger partial charge >= 0.3 is 0 Å². The van der Waals surface area contributed by atoms with Crippen LogP contribution >= 0.6 is 11.3 Å². The highest BCUT2D eigenvalue weighted by molar-refractivity contribution is 7.20. The zero-order chi connectivity index (χ0) is 18.5. The van der Waals surface area contributed by atoms with E-state index in [2.05, 4.69) is 10.3 Å². The fourth-order valence-corrected chi connectivity index (χ4v) is 3.73. The van der Waals surface area contributed by atoms with Crippen molar-refractivity contribution in [3.63, 3.8) is 0 Å². The third-order valence-corrected chi connectivity index (χ3v) is 5.23. The number of carbonyl (C=O) groups is 1. The van der Waals surface area contributed by atoms with Gasteiger partial charge in [0.05, 0.1) is 10.6 Å². The van der Waals surface area contributed by atoms with Gasteiger partial charge in [-0.25, -0.2) is 0 Å². The molecule has 0 aliphatic rings. The molecule has 2 heterocycles. The molecule has 0 saturated carbocycles. The number of nitrogens with zero attached hydrogens (tertiary/aromatic N) is 1. The molecule has 0 aliphatic carbocycles. The van der Waals surface area contributed by atoms with E-state index in [1.807, 2.05) is 72.8 Å². The summed E-state index contributed by atoms with van der Waals surface area (Å²) in [6.07, 6.45) is 1.75. The lowest BCUT2D eigenvalue weighted by molar-refractivity contribution is 0.0955. The van der Waals surface area contributed by atoms with Crippen molar-refractivity contribution < 1.29 is 9.53 Å². The number of benzene rings is 2. The molecule has 4 nitrogen and oxygen atoms in total. The van der Waals surface area contributed by atoms with Gasteiger partial charge in [0.1, 0.15) is 12.4 Å². The van der Waals surface area contributed by atoms with Crippen LogP contribution in [0.3, 0.4) is 0 Å². The molecule has 27 heavy (non-hydrogen) atoms. The topological polar surface area (TPSA) is 51.2 Å². The Balaban J connectivity index is 1.37. The van der Waals surface area contributed by atoms with E-state index in [9.17, 15) is 4.79 Å². The maximum atomic E-state index is 12.4. The van der Waals surface area contributed by atoms with Crippen molar-refractivity contribution in [1.29, 1.82) is 0 Å². The molecule has 2 aromatic carbocycles. The molecule has 0 saturated heterocycles. The minimum Gasteiger partial charge on any atom is -0.487 e. The summed E-state index contributed by atoms with van der Waals surface area (Å²) < 4.78 is 6.91. The monoisotopic (exact) mass is 374 g/mol. The van der Waals surface area contributed by atoms with Gasteiger partial charge in [-0.15, -0.1) is 11.3 Å². The molecule has 0 aliphatic heterocycles. The number of thiophene rings is 1. The first-order valence-electron chi connectivity index (χ1n) is 8.66. The summed E-state index contributed by atoms with van der Waals surface area (Å²) in [5.74, 6) is 0.699. The van der Waals surface area contributed by atoms with Crippen molar-refractivity contribution in [2.75, 3.05) is 0 Å². The molecule has 5 heteroatoms. The van der Waals surface area contributed by atoms with Crippen LogP contribution in [-0.2, 0) is 13.2 Å². The molecular weight excluding hydrogens is 356 g/mol. The number of ether oxygens (including phenoxy) is 1. The zero-order valence-electron chi connectivity index (χ0n) is 14.6. The quantitative estimate of drug-likeness (QED) is 0.527. The Kier molecular flexibility index (Phi) is 5.12. The minimum absolute atomic E-state index is 0.0593. The molecule has 0 radical (unpaired) electrons. The van der Waals surface area contributed by atoms with Gasteiger partial charge in [0.15, 0.2) is 0 Å². The minimum atomic E-state index is -0.0593. The van der Waals surface area contributed by atoms with Crippen LogP contribution in [0.15, 0.2) is 79.0 Å². The van der Waals surface area contributed by atoms with Gasteiger partial charge < -0.3 is 10.1 Å². The van der Waals surface area contributed by atoms with E-state index in [1.54, 1.807) is 6.20 Å². The fraction of sp³-hybridized carbons (Fsp3) is 0.0909. The molecule has 2 aromatic heterocycles. The van der Waals surface area contributed by atoms with E-state index in [-0.39, 0.29) is 5.91 Å². The molecule has 0 unspecified atom stereocenters. The van der Waals surface area contributed by atoms with E-state index < -0.39 is 0 Å². The first-order valence-corrected chi connectivity index (χ1v) is 9.48. The van der Waals surface area contributed by atoms with Crippen molar-refractivity contribution in [1.82, 2.24) is 10.3 Å². The molecular formula is C22H18N2O2S. The van der Waals surface area contributed by atoms with Gasteiger partial charge in [-0.2, -0.15) is 0 Å². The number of aromatic nitrogens is 1. The molecule has 0 bridgehead atoms. The van der Waals surface area contributed by atoms with Gasteiger partial charge in [0.2, 0.25) is 0 Å². The maximum absolute atomic E-state index is 12.4. The molecule has 0 atom stereocenters. The van der Waals surface area contributed by atoms with Crippen molar-refractivity contribution in [2.45, 2.75) is 13.2 Å². The fourth-order valence-electron chi connectivity index (χ4n) is 2.75. The summed E-state index contributed by atoms with van der Waals surface area (Å²) in [5.41, 5.74) is 1.86. The molecule has 1 N–H and O–H groups in total. The predicted molar refractivity (Wildman–Crippen MR) is 108 cm³/mol. The molecule has 4 rings (SSSR count). The summed E-state index contributed by atoms with van der Waals surface area (Å²) in [5, 5.41) is 4.08. The van der Waals surface area contributed by atoms with Crippen LogP contribution in [0.2, 0.25) is 0 Å². The molecule has 1 amide bonds. The summed E-state index contributed by atoms with van der Waals surface area (Å²) >= 11 is 1.51. The molecule has 134 valence electrons. The first-order chi connectivity index (χ1) is 13.3. The summed E-state index contributed by atoms with van der Waals surface area (Å²) in [4.78, 5) is 17.4. The Morgan fingerprint density at radius 2 is 1.89 bits per heavy atom. The second kappa shape index (κ2) is 8.01. The van der Waals surface area contributed by atoms with Crippen LogP contribution in [0.1, 0.15) is 20.9 Å². The van der Waals surface area contributed by atoms with Gasteiger partial charge in [-0.05, 0) is 47.3 Å². The average molecular weight is 374 g/mol. The Morgan fingerprint density at radius 1 is 1.00 bits per heavy atom. The van der Waals surface area contributed by atoms with Crippen LogP contribution in [0.4, 0.5) is 0 Å². The van der Waals surface area contributed by atoms with Crippen LogP contribution in [-0.4, -0.2) is 10.9 Å². The highest BCUT2D eigenvalue weighted by Gasteiger charge is 2.10. The Morgan fingerprint density at radius 3 is 2.74 bits per heavy atom. The predicted octanol–water partition coefficient (Wildman–Crippen LogP) is 4.81. The second-order valence-corrected chi connectivity index (χ2v) is 7.17. The first kappa shape index (κ1) is 17.2. The number of nitrogens with one attached hydrogen (secondary N) is 1. The summed E-state index contributed by atoms with van der Waals surface area (Å²) in [7, 11) is 0. The second-order valence-electron chi connectivity index (χ2n) is 6.09. The number of hydrogen-bond acceptors (Lipinski definition) is 4. The number of fused-ring (bicyclic) bond motifs is 1. The summed E-state index contributed by atoms with van der Waals surface area (Å²) in [6.45, 7) is 0.867. The lowest BCUT2D eigenvalue weighted by atomic mass is 10.2. The number of rotatable bonds is 6. The normalized spacial score (nSPS) is 10.7. The lowest BCUT2D eigenvalue weighted by Gasteiger charge is -2.08. The standard InChI is InChI=1S/C22H18N2O2S/c25-22(21-13-17-7-1-2-10-20(17)27-21)24-14-16-6-5-9-19(12-16)26-15-18-8-3-4-11-23-18/h1-13H,14-15H2,(H,24,25). The van der Waals surface area contributed by atoms with E-state index in [1.165, 1.54) is 11.3 Å². The maximum Gasteiger partial charge on any atom is 0.261 e. The highest BCUT2D eigenvalue weighted by atomic mass is 32.1. The summed E-state index contributed by atoms with van der Waals surface area (Å²) in [6, 6.07) is 23.4. The van der Waals surface area contributed by atoms with Crippen LogP contribution < -0.4 is 10.1 Å². The van der Waals surface area contributed by atoms with Crippen molar-refractivity contribution >= 4 is 27.3 Å². The lowest BCUT2D eigenvalue weighted by Crippen LogP contribution is -2.21. The Hall–Kier alpha value is -3.18. The van der Waals surface area contributed by atoms with Gasteiger partial charge in [0, 0.05) is 17.4 Å². The zero-order valence-corrected chi connectivity index (χ0v) is 15.4.